The molecule has 2 amide bonds. The first-order valence-electron chi connectivity index (χ1n) is 11.7. The lowest BCUT2D eigenvalue weighted by Gasteiger charge is -2.32. The van der Waals surface area contributed by atoms with Crippen LogP contribution in [0.25, 0.3) is 0 Å². The molecule has 33 heavy (non-hydrogen) atoms. The van der Waals surface area contributed by atoms with Crippen molar-refractivity contribution in [2.75, 3.05) is 19.7 Å². The number of esters is 1. The smallest absolute Gasteiger partial charge is 0.463 e. The van der Waals surface area contributed by atoms with Crippen LogP contribution < -0.4 is 0 Å². The topological polar surface area (TPSA) is 66.9 Å². The lowest BCUT2D eigenvalue weighted by molar-refractivity contribution is -0.274. The first-order chi connectivity index (χ1) is 15.5. The minimum atomic E-state index is -6.05. The number of unbranched alkanes of at least 4 members (excludes halogenated alkanes) is 6. The Hall–Kier alpha value is -1.94. The molecule has 2 heterocycles. The number of rotatable bonds is 11. The summed E-state index contributed by atoms with van der Waals surface area (Å²) in [5.74, 6) is -9.39. The number of carbonyl (C=O) groups is 3. The zero-order valence-electron chi connectivity index (χ0n) is 19.0. The van der Waals surface area contributed by atoms with E-state index in [2.05, 4.69) is 6.92 Å². The quantitative estimate of drug-likeness (QED) is 0.247. The summed E-state index contributed by atoms with van der Waals surface area (Å²) in [4.78, 5) is 38.8. The average Bonchev–Trinajstić information content (AvgIpc) is 3.43. The Morgan fingerprint density at radius 1 is 0.818 bits per heavy atom. The van der Waals surface area contributed by atoms with Crippen LogP contribution in [0.5, 0.6) is 0 Å². The van der Waals surface area contributed by atoms with Gasteiger partial charge in [-0.2, -0.15) is 22.0 Å². The maximum absolute atomic E-state index is 13.6. The second-order valence-electron chi connectivity index (χ2n) is 8.71. The fraction of sp³-hybridized carbons (Fsp3) is 0.864. The van der Waals surface area contributed by atoms with Gasteiger partial charge in [0.15, 0.2) is 0 Å². The molecule has 11 heteroatoms. The first-order valence-corrected chi connectivity index (χ1v) is 11.7. The molecular formula is C22H33F5N2O4. The summed E-state index contributed by atoms with van der Waals surface area (Å²) in [6.45, 7) is 2.12. The number of carbonyl (C=O) groups excluding carboxylic acids is 3. The highest BCUT2D eigenvalue weighted by molar-refractivity contribution is 5.93. The van der Waals surface area contributed by atoms with E-state index in [1.807, 2.05) is 0 Å². The maximum Gasteiger partial charge on any atom is 0.463 e. The van der Waals surface area contributed by atoms with Crippen molar-refractivity contribution in [3.05, 3.63) is 0 Å². The average molecular weight is 485 g/mol. The molecule has 0 aromatic heterocycles. The van der Waals surface area contributed by atoms with Crippen LogP contribution in [0.3, 0.4) is 0 Å². The summed E-state index contributed by atoms with van der Waals surface area (Å²) in [6, 6.07) is -2.36. The minimum absolute atomic E-state index is 0.0329. The van der Waals surface area contributed by atoms with Crippen molar-refractivity contribution in [2.45, 2.75) is 102 Å². The molecule has 0 N–H and O–H groups in total. The number of hydrogen-bond acceptors (Lipinski definition) is 4. The number of nitrogens with zero attached hydrogens (tertiary/aromatic N) is 2. The molecule has 0 bridgehead atoms. The standard InChI is InChI=1S/C22H33F5N2O4/c1-2-3-4-5-6-7-8-15-33-19(31)17-12-10-13-28(17)18(30)16-11-9-14-29(16)20(32)21(23,24)22(25,26)27/h16-17H,2-15H2,1H3. The van der Waals surface area contributed by atoms with E-state index >= 15 is 0 Å². The summed E-state index contributed by atoms with van der Waals surface area (Å²) in [7, 11) is 0. The molecular weight excluding hydrogens is 451 g/mol. The van der Waals surface area contributed by atoms with Crippen LogP contribution in [-0.4, -0.2) is 71.5 Å². The van der Waals surface area contributed by atoms with Crippen LogP contribution in [0.4, 0.5) is 22.0 Å². The van der Waals surface area contributed by atoms with Gasteiger partial charge in [-0.15, -0.1) is 0 Å². The summed E-state index contributed by atoms with van der Waals surface area (Å²) in [5, 5.41) is 0. The molecule has 190 valence electrons. The normalized spacial score (nSPS) is 21.5. The highest BCUT2D eigenvalue weighted by Crippen LogP contribution is 2.39. The predicted octanol–water partition coefficient (Wildman–Crippen LogP) is 4.46. The van der Waals surface area contributed by atoms with E-state index in [-0.39, 0.29) is 32.5 Å². The summed E-state index contributed by atoms with van der Waals surface area (Å²) in [6.07, 6.45) is 2.13. The third-order valence-electron chi connectivity index (χ3n) is 6.22. The first kappa shape index (κ1) is 27.3. The van der Waals surface area contributed by atoms with Crippen molar-refractivity contribution >= 4 is 17.8 Å². The van der Waals surface area contributed by atoms with Crippen molar-refractivity contribution in [3.63, 3.8) is 0 Å². The highest BCUT2D eigenvalue weighted by Gasteiger charge is 2.65. The molecule has 0 radical (unpaired) electrons. The van der Waals surface area contributed by atoms with Gasteiger partial charge in [-0.25, -0.2) is 4.79 Å². The zero-order chi connectivity index (χ0) is 24.6. The van der Waals surface area contributed by atoms with Gasteiger partial charge in [0.25, 0.3) is 0 Å². The number of likely N-dealkylation sites (tertiary alicyclic amines) is 2. The van der Waals surface area contributed by atoms with Gasteiger partial charge in [-0.1, -0.05) is 45.4 Å². The zero-order valence-corrected chi connectivity index (χ0v) is 19.0. The number of alkyl halides is 5. The van der Waals surface area contributed by atoms with E-state index in [1.165, 1.54) is 12.8 Å². The van der Waals surface area contributed by atoms with E-state index in [9.17, 15) is 36.3 Å². The molecule has 2 saturated heterocycles. The summed E-state index contributed by atoms with van der Waals surface area (Å²) < 4.78 is 70.3. The van der Waals surface area contributed by atoms with Crippen molar-refractivity contribution in [2.24, 2.45) is 0 Å². The minimum Gasteiger partial charge on any atom is -0.464 e. The Morgan fingerprint density at radius 3 is 1.97 bits per heavy atom. The molecule has 0 aromatic rings. The van der Waals surface area contributed by atoms with Gasteiger partial charge < -0.3 is 14.5 Å². The summed E-state index contributed by atoms with van der Waals surface area (Å²) in [5.41, 5.74) is 0. The molecule has 2 atom stereocenters. The van der Waals surface area contributed by atoms with Gasteiger partial charge in [0.05, 0.1) is 6.61 Å². The van der Waals surface area contributed by atoms with Gasteiger partial charge >= 0.3 is 24.0 Å². The van der Waals surface area contributed by atoms with E-state index in [0.29, 0.717) is 24.2 Å². The van der Waals surface area contributed by atoms with E-state index in [0.717, 1.165) is 30.6 Å². The van der Waals surface area contributed by atoms with Crippen LogP contribution in [-0.2, 0) is 19.1 Å². The molecule has 2 aliphatic heterocycles. The number of hydrogen-bond donors (Lipinski definition) is 0. The predicted molar refractivity (Wildman–Crippen MR) is 109 cm³/mol. The molecule has 0 aromatic carbocycles. The van der Waals surface area contributed by atoms with Crippen LogP contribution in [0.15, 0.2) is 0 Å². The third-order valence-corrected chi connectivity index (χ3v) is 6.22. The molecule has 0 aliphatic carbocycles. The lowest BCUT2D eigenvalue weighted by Crippen LogP contribution is -2.57. The van der Waals surface area contributed by atoms with E-state index in [4.69, 9.17) is 4.74 Å². The molecule has 0 saturated carbocycles. The fourth-order valence-electron chi connectivity index (χ4n) is 4.36. The number of halogens is 5. The third kappa shape index (κ3) is 6.79. The number of amides is 2. The van der Waals surface area contributed by atoms with Gasteiger partial charge in [-0.05, 0) is 32.1 Å². The Bertz CT molecular complexity index is 686. The highest BCUT2D eigenvalue weighted by atomic mass is 19.4. The van der Waals surface area contributed by atoms with Crippen LogP contribution in [0, 0.1) is 0 Å². The van der Waals surface area contributed by atoms with E-state index in [1.54, 1.807) is 0 Å². The van der Waals surface area contributed by atoms with Crippen molar-refractivity contribution in [1.82, 2.24) is 9.80 Å². The fourth-order valence-corrected chi connectivity index (χ4v) is 4.36. The number of ether oxygens (including phenoxy) is 1. The van der Waals surface area contributed by atoms with Crippen LogP contribution in [0.2, 0.25) is 0 Å². The van der Waals surface area contributed by atoms with Gasteiger partial charge in [-0.3, -0.25) is 9.59 Å². The van der Waals surface area contributed by atoms with Crippen molar-refractivity contribution in [3.8, 4) is 0 Å². The van der Waals surface area contributed by atoms with Crippen LogP contribution in [0.1, 0.15) is 77.6 Å². The Morgan fingerprint density at radius 2 is 1.36 bits per heavy atom. The SMILES string of the molecule is CCCCCCCCCOC(=O)C1CCCN1C(=O)C1CCCN1C(=O)C(F)(F)C(F)(F)F. The largest absolute Gasteiger partial charge is 0.464 e. The molecule has 2 rings (SSSR count). The second-order valence-corrected chi connectivity index (χ2v) is 8.71. The monoisotopic (exact) mass is 484 g/mol. The Balaban J connectivity index is 1.90. The van der Waals surface area contributed by atoms with Crippen molar-refractivity contribution in [1.29, 1.82) is 0 Å². The molecule has 0 spiro atoms. The second kappa shape index (κ2) is 12.0. The Labute approximate surface area is 190 Å². The Kier molecular flexibility index (Phi) is 9.90. The van der Waals surface area contributed by atoms with Gasteiger partial charge in [0, 0.05) is 13.1 Å². The molecule has 2 unspecified atom stereocenters. The van der Waals surface area contributed by atoms with Gasteiger partial charge in [0.2, 0.25) is 5.91 Å². The molecule has 2 aliphatic rings. The lowest BCUT2D eigenvalue weighted by atomic mass is 10.1. The van der Waals surface area contributed by atoms with E-state index < -0.39 is 42.0 Å². The maximum atomic E-state index is 13.6. The summed E-state index contributed by atoms with van der Waals surface area (Å²) >= 11 is 0. The molecule has 6 nitrogen and oxygen atoms in total. The van der Waals surface area contributed by atoms with Crippen molar-refractivity contribution < 1.29 is 41.1 Å². The van der Waals surface area contributed by atoms with Gasteiger partial charge in [0.1, 0.15) is 12.1 Å². The molecule has 2 fully saturated rings. The van der Waals surface area contributed by atoms with Crippen LogP contribution >= 0.6 is 0 Å².